The molecule has 1 aliphatic heterocycles. The van der Waals surface area contributed by atoms with Crippen LogP contribution in [0.3, 0.4) is 0 Å². The van der Waals surface area contributed by atoms with Gasteiger partial charge in [-0.3, -0.25) is 4.98 Å². The number of likely N-dealkylation sites (tertiary alicyclic amines) is 1. The second-order valence-corrected chi connectivity index (χ2v) is 5.64. The third kappa shape index (κ3) is 3.60. The van der Waals surface area contributed by atoms with E-state index < -0.39 is 24.9 Å². The second kappa shape index (κ2) is 7.14. The van der Waals surface area contributed by atoms with Gasteiger partial charge in [-0.2, -0.15) is 8.78 Å². The highest BCUT2D eigenvalue weighted by molar-refractivity contribution is 6.01. The molecule has 6 nitrogen and oxygen atoms in total. The summed E-state index contributed by atoms with van der Waals surface area (Å²) in [5.41, 5.74) is 0.548. The number of carbonyl (C=O) groups is 1. The average Bonchev–Trinajstić information content (AvgIpc) is 2.98. The minimum atomic E-state index is -2.99. The van der Waals surface area contributed by atoms with Crippen LogP contribution in [0.2, 0.25) is 0 Å². The van der Waals surface area contributed by atoms with Crippen LogP contribution in [0.1, 0.15) is 6.42 Å². The highest BCUT2D eigenvalue weighted by atomic mass is 19.3. The van der Waals surface area contributed by atoms with Gasteiger partial charge in [0.15, 0.2) is 0 Å². The standard InChI is InChI=1S/C16H16F3N3O3/c17-9-6-10(8-23)22(7-9)16(24)21-12-3-4-13(25-15(18)19)11-2-1-5-20-14(11)12/h1-5,9-10,15,23H,6-8H2,(H,21,24). The first-order valence-corrected chi connectivity index (χ1v) is 7.64. The molecular formula is C16H16F3N3O3. The molecule has 1 aromatic heterocycles. The summed E-state index contributed by atoms with van der Waals surface area (Å²) >= 11 is 0. The second-order valence-electron chi connectivity index (χ2n) is 5.64. The number of amides is 2. The fourth-order valence-corrected chi connectivity index (χ4v) is 2.91. The van der Waals surface area contributed by atoms with E-state index in [9.17, 15) is 23.1 Å². The lowest BCUT2D eigenvalue weighted by molar-refractivity contribution is -0.0488. The molecule has 25 heavy (non-hydrogen) atoms. The zero-order chi connectivity index (χ0) is 18.0. The Hall–Kier alpha value is -2.55. The van der Waals surface area contributed by atoms with Crippen molar-refractivity contribution in [2.24, 2.45) is 0 Å². The number of fused-ring (bicyclic) bond motifs is 1. The Morgan fingerprint density at radius 3 is 2.96 bits per heavy atom. The summed E-state index contributed by atoms with van der Waals surface area (Å²) in [5.74, 6) is -0.0608. The lowest BCUT2D eigenvalue weighted by atomic mass is 10.1. The number of carbonyl (C=O) groups excluding carboxylic acids is 1. The van der Waals surface area contributed by atoms with Gasteiger partial charge in [0.05, 0.1) is 30.4 Å². The van der Waals surface area contributed by atoms with Crippen LogP contribution in [0.5, 0.6) is 5.75 Å². The number of nitrogens with one attached hydrogen (secondary N) is 1. The van der Waals surface area contributed by atoms with Crippen LogP contribution >= 0.6 is 0 Å². The number of ether oxygens (including phenoxy) is 1. The lowest BCUT2D eigenvalue weighted by Gasteiger charge is -2.23. The van der Waals surface area contributed by atoms with E-state index in [0.717, 1.165) is 0 Å². The van der Waals surface area contributed by atoms with Gasteiger partial charge >= 0.3 is 12.6 Å². The van der Waals surface area contributed by atoms with Crippen LogP contribution < -0.4 is 10.1 Å². The summed E-state index contributed by atoms with van der Waals surface area (Å²) in [5, 5.41) is 12.2. The number of benzene rings is 1. The molecule has 1 fully saturated rings. The molecule has 2 aromatic rings. The maximum atomic E-state index is 13.5. The predicted molar refractivity (Wildman–Crippen MR) is 84.5 cm³/mol. The van der Waals surface area contributed by atoms with Gasteiger partial charge < -0.3 is 20.1 Å². The van der Waals surface area contributed by atoms with Crippen molar-refractivity contribution in [1.82, 2.24) is 9.88 Å². The highest BCUT2D eigenvalue weighted by Gasteiger charge is 2.35. The van der Waals surface area contributed by atoms with Gasteiger partial charge in [-0.15, -0.1) is 0 Å². The van der Waals surface area contributed by atoms with Crippen LogP contribution in [-0.4, -0.2) is 53.0 Å². The van der Waals surface area contributed by atoms with Crippen molar-refractivity contribution in [3.63, 3.8) is 0 Å². The van der Waals surface area contributed by atoms with E-state index in [1.54, 1.807) is 12.1 Å². The first-order valence-electron chi connectivity index (χ1n) is 7.64. The van der Waals surface area contributed by atoms with Gasteiger partial charge in [0, 0.05) is 18.0 Å². The molecule has 9 heteroatoms. The number of halogens is 3. The molecule has 0 bridgehead atoms. The number of rotatable bonds is 4. The van der Waals surface area contributed by atoms with Crippen LogP contribution in [-0.2, 0) is 0 Å². The Bertz CT molecular complexity index is 775. The number of urea groups is 1. The van der Waals surface area contributed by atoms with Gasteiger partial charge in [-0.1, -0.05) is 0 Å². The van der Waals surface area contributed by atoms with Crippen molar-refractivity contribution in [2.75, 3.05) is 18.5 Å². The van der Waals surface area contributed by atoms with E-state index in [1.807, 2.05) is 0 Å². The van der Waals surface area contributed by atoms with Crippen molar-refractivity contribution >= 4 is 22.6 Å². The van der Waals surface area contributed by atoms with Gasteiger partial charge in [0.2, 0.25) is 0 Å². The number of hydrogen-bond acceptors (Lipinski definition) is 4. The predicted octanol–water partition coefficient (Wildman–Crippen LogP) is 2.77. The molecule has 2 N–H and O–H groups in total. The third-order valence-electron chi connectivity index (χ3n) is 4.02. The van der Waals surface area contributed by atoms with Gasteiger partial charge in [-0.25, -0.2) is 9.18 Å². The van der Waals surface area contributed by atoms with Crippen molar-refractivity contribution in [1.29, 1.82) is 0 Å². The van der Waals surface area contributed by atoms with E-state index in [-0.39, 0.29) is 36.5 Å². The number of aliphatic hydroxyl groups excluding tert-OH is 1. The Labute approximate surface area is 141 Å². The van der Waals surface area contributed by atoms with Crippen molar-refractivity contribution in [3.8, 4) is 5.75 Å². The van der Waals surface area contributed by atoms with Crippen LogP contribution in [0.25, 0.3) is 10.9 Å². The van der Waals surface area contributed by atoms with Crippen LogP contribution in [0.15, 0.2) is 30.5 Å². The zero-order valence-electron chi connectivity index (χ0n) is 13.0. The molecule has 0 spiro atoms. The first kappa shape index (κ1) is 17.3. The topological polar surface area (TPSA) is 74.7 Å². The third-order valence-corrected chi connectivity index (χ3v) is 4.02. The fraction of sp³-hybridized carbons (Fsp3) is 0.375. The molecule has 2 amide bonds. The number of hydrogen-bond donors (Lipinski definition) is 2. The van der Waals surface area contributed by atoms with E-state index in [1.165, 1.54) is 23.2 Å². The molecule has 0 radical (unpaired) electrons. The van der Waals surface area contributed by atoms with Crippen molar-refractivity contribution < 1.29 is 27.8 Å². The average molecular weight is 355 g/mol. The number of anilines is 1. The summed E-state index contributed by atoms with van der Waals surface area (Å²) in [6.45, 7) is -3.44. The number of alkyl halides is 3. The monoisotopic (exact) mass is 355 g/mol. The number of pyridine rings is 1. The van der Waals surface area contributed by atoms with E-state index in [0.29, 0.717) is 5.39 Å². The van der Waals surface area contributed by atoms with Crippen molar-refractivity contribution in [2.45, 2.75) is 25.2 Å². The van der Waals surface area contributed by atoms with Gasteiger partial charge in [-0.05, 0) is 24.3 Å². The summed E-state index contributed by atoms with van der Waals surface area (Å²) in [7, 11) is 0. The molecular weight excluding hydrogens is 339 g/mol. The van der Waals surface area contributed by atoms with E-state index in [4.69, 9.17) is 0 Å². The fourth-order valence-electron chi connectivity index (χ4n) is 2.91. The Kier molecular flexibility index (Phi) is 4.93. The SMILES string of the molecule is O=C(Nc1ccc(OC(F)F)c2cccnc12)N1CC(F)CC1CO. The molecule has 2 heterocycles. The van der Waals surface area contributed by atoms with Crippen LogP contribution in [0.4, 0.5) is 23.7 Å². The maximum Gasteiger partial charge on any atom is 0.387 e. The largest absolute Gasteiger partial charge is 0.434 e. The normalized spacial score (nSPS) is 20.3. The molecule has 0 aliphatic carbocycles. The summed E-state index contributed by atoms with van der Waals surface area (Å²) in [6, 6.07) is 4.60. The summed E-state index contributed by atoms with van der Waals surface area (Å²) < 4.78 is 43.0. The van der Waals surface area contributed by atoms with Gasteiger partial charge in [0.1, 0.15) is 11.9 Å². The molecule has 1 saturated heterocycles. The smallest absolute Gasteiger partial charge is 0.387 e. The minimum absolute atomic E-state index is 0.0608. The van der Waals surface area contributed by atoms with E-state index in [2.05, 4.69) is 15.0 Å². The van der Waals surface area contributed by atoms with Crippen LogP contribution in [0, 0.1) is 0 Å². The summed E-state index contributed by atoms with van der Waals surface area (Å²) in [6.07, 6.45) is 0.331. The molecule has 1 aliphatic rings. The number of aliphatic hydroxyl groups is 1. The quantitative estimate of drug-likeness (QED) is 0.884. The Balaban J connectivity index is 1.88. The molecule has 134 valence electrons. The molecule has 1 aromatic carbocycles. The van der Waals surface area contributed by atoms with Gasteiger partial charge in [0.25, 0.3) is 0 Å². The Morgan fingerprint density at radius 1 is 1.44 bits per heavy atom. The molecule has 2 atom stereocenters. The maximum absolute atomic E-state index is 13.5. The van der Waals surface area contributed by atoms with E-state index >= 15 is 0 Å². The number of aromatic nitrogens is 1. The Morgan fingerprint density at radius 2 is 2.24 bits per heavy atom. The zero-order valence-corrected chi connectivity index (χ0v) is 13.0. The lowest BCUT2D eigenvalue weighted by Crippen LogP contribution is -2.40. The van der Waals surface area contributed by atoms with Crippen molar-refractivity contribution in [3.05, 3.63) is 30.5 Å². The first-order chi connectivity index (χ1) is 12.0. The molecule has 2 unspecified atom stereocenters. The summed E-state index contributed by atoms with van der Waals surface area (Å²) in [4.78, 5) is 17.7. The number of nitrogens with zero attached hydrogens (tertiary/aromatic N) is 2. The molecule has 3 rings (SSSR count). The minimum Gasteiger partial charge on any atom is -0.434 e. The molecule has 0 saturated carbocycles. The highest BCUT2D eigenvalue weighted by Crippen LogP contribution is 2.31.